The second-order valence-electron chi connectivity index (χ2n) is 5.10. The van der Waals surface area contributed by atoms with E-state index in [1.54, 1.807) is 30.3 Å². The first-order valence-corrected chi connectivity index (χ1v) is 9.72. The van der Waals surface area contributed by atoms with E-state index >= 15 is 0 Å². The van der Waals surface area contributed by atoms with Gasteiger partial charge in [-0.25, -0.2) is 18.1 Å². The molecule has 0 radical (unpaired) electrons. The smallest absolute Gasteiger partial charge is 0.286 e. The summed E-state index contributed by atoms with van der Waals surface area (Å²) in [6, 6.07) is 12.4. The number of nitrogens with zero attached hydrogens (tertiary/aromatic N) is 2. The average molecular weight is 431 g/mol. The molecule has 6 nitrogen and oxygen atoms in total. The molecule has 134 valence electrons. The minimum Gasteiger partial charge on any atom is -0.289 e. The fourth-order valence-corrected chi connectivity index (χ4v) is 4.03. The molecular formula is C16H10Cl3N3O3S. The van der Waals surface area contributed by atoms with Crippen LogP contribution < -0.4 is 4.72 Å². The van der Waals surface area contributed by atoms with Gasteiger partial charge in [-0.3, -0.25) is 9.36 Å². The first kappa shape index (κ1) is 18.7. The summed E-state index contributed by atoms with van der Waals surface area (Å²) in [5.74, 6) is -0.970. The molecule has 1 aromatic heterocycles. The minimum atomic E-state index is -4.17. The monoisotopic (exact) mass is 429 g/mol. The number of carbonyl (C=O) groups excluding carboxylic acids is 1. The topological polar surface area (TPSA) is 81.1 Å². The Balaban J connectivity index is 1.90. The molecule has 0 atom stereocenters. The van der Waals surface area contributed by atoms with Crippen LogP contribution in [0.1, 0.15) is 10.5 Å². The SMILES string of the molecule is O=C(NS(=O)(=O)c1ccccc1Cl)c1ncn(-c2ccc(Cl)cc2)c1Cl. The van der Waals surface area contributed by atoms with Crippen molar-refractivity contribution in [3.63, 3.8) is 0 Å². The van der Waals surface area contributed by atoms with Gasteiger partial charge in [0.15, 0.2) is 5.69 Å². The quantitative estimate of drug-likeness (QED) is 0.679. The third kappa shape index (κ3) is 3.71. The number of nitrogens with one attached hydrogen (secondary N) is 1. The lowest BCUT2D eigenvalue weighted by atomic mass is 10.3. The van der Waals surface area contributed by atoms with E-state index in [1.165, 1.54) is 29.1 Å². The van der Waals surface area contributed by atoms with Gasteiger partial charge in [0.05, 0.1) is 5.02 Å². The molecule has 0 aliphatic rings. The number of aromatic nitrogens is 2. The number of hydrogen-bond acceptors (Lipinski definition) is 4. The third-order valence-electron chi connectivity index (χ3n) is 3.38. The molecule has 0 aliphatic heterocycles. The standard InChI is InChI=1S/C16H10Cl3N3O3S/c17-10-5-7-11(8-6-10)22-9-20-14(15(22)19)16(23)21-26(24,25)13-4-2-1-3-12(13)18/h1-9H,(H,21,23). The van der Waals surface area contributed by atoms with Crippen molar-refractivity contribution in [1.82, 2.24) is 14.3 Å². The van der Waals surface area contributed by atoms with Crippen molar-refractivity contribution in [1.29, 1.82) is 0 Å². The molecule has 26 heavy (non-hydrogen) atoms. The lowest BCUT2D eigenvalue weighted by Crippen LogP contribution is -2.31. The first-order chi connectivity index (χ1) is 12.3. The van der Waals surface area contributed by atoms with Gasteiger partial charge < -0.3 is 0 Å². The van der Waals surface area contributed by atoms with E-state index in [0.29, 0.717) is 10.7 Å². The fraction of sp³-hybridized carbons (Fsp3) is 0. The van der Waals surface area contributed by atoms with Crippen LogP contribution in [0, 0.1) is 0 Å². The Bertz CT molecular complexity index is 1080. The van der Waals surface area contributed by atoms with Crippen LogP contribution in [0.3, 0.4) is 0 Å². The van der Waals surface area contributed by atoms with Gasteiger partial charge in [-0.2, -0.15) is 0 Å². The molecule has 0 aliphatic carbocycles. The Kier molecular flexibility index (Phi) is 5.24. The molecule has 0 spiro atoms. The normalized spacial score (nSPS) is 11.3. The largest absolute Gasteiger partial charge is 0.289 e. The summed E-state index contributed by atoms with van der Waals surface area (Å²) in [5, 5.41) is 0.485. The van der Waals surface area contributed by atoms with Crippen LogP contribution in [0.2, 0.25) is 15.2 Å². The van der Waals surface area contributed by atoms with Crippen molar-refractivity contribution in [2.45, 2.75) is 4.90 Å². The highest BCUT2D eigenvalue weighted by Crippen LogP contribution is 2.23. The predicted molar refractivity (Wildman–Crippen MR) is 99.7 cm³/mol. The molecule has 1 heterocycles. The molecule has 2 aromatic carbocycles. The Morgan fingerprint density at radius 2 is 1.65 bits per heavy atom. The Hall–Kier alpha value is -2.06. The maximum absolute atomic E-state index is 12.4. The van der Waals surface area contributed by atoms with Gasteiger partial charge in [0.1, 0.15) is 16.4 Å². The molecular weight excluding hydrogens is 421 g/mol. The van der Waals surface area contributed by atoms with Crippen molar-refractivity contribution >= 4 is 50.7 Å². The van der Waals surface area contributed by atoms with Gasteiger partial charge in [0, 0.05) is 10.7 Å². The number of carbonyl (C=O) groups is 1. The highest BCUT2D eigenvalue weighted by molar-refractivity contribution is 7.90. The van der Waals surface area contributed by atoms with E-state index in [0.717, 1.165) is 0 Å². The van der Waals surface area contributed by atoms with Crippen molar-refractivity contribution < 1.29 is 13.2 Å². The number of hydrogen-bond donors (Lipinski definition) is 1. The van der Waals surface area contributed by atoms with Crippen LogP contribution in [-0.4, -0.2) is 23.9 Å². The number of sulfonamides is 1. The number of halogens is 3. The molecule has 10 heteroatoms. The molecule has 3 aromatic rings. The highest BCUT2D eigenvalue weighted by Gasteiger charge is 2.25. The summed E-state index contributed by atoms with van der Waals surface area (Å²) in [7, 11) is -4.17. The summed E-state index contributed by atoms with van der Waals surface area (Å²) in [5.41, 5.74) is 0.372. The number of rotatable bonds is 4. The van der Waals surface area contributed by atoms with E-state index in [9.17, 15) is 13.2 Å². The Morgan fingerprint density at radius 3 is 2.31 bits per heavy atom. The second kappa shape index (κ2) is 7.28. The maximum atomic E-state index is 12.4. The Labute approximate surface area is 164 Å². The number of amides is 1. The molecule has 0 fully saturated rings. The molecule has 0 saturated heterocycles. The van der Waals surface area contributed by atoms with Crippen molar-refractivity contribution in [3.05, 3.63) is 75.8 Å². The van der Waals surface area contributed by atoms with Gasteiger partial charge in [-0.05, 0) is 36.4 Å². The molecule has 3 rings (SSSR count). The van der Waals surface area contributed by atoms with Gasteiger partial charge in [0.2, 0.25) is 0 Å². The van der Waals surface area contributed by atoms with Crippen LogP contribution in [0.15, 0.2) is 59.8 Å². The summed E-state index contributed by atoms with van der Waals surface area (Å²) in [6.07, 6.45) is 1.31. The van der Waals surface area contributed by atoms with E-state index < -0.39 is 15.9 Å². The lowest BCUT2D eigenvalue weighted by molar-refractivity contribution is 0.0977. The predicted octanol–water partition coefficient (Wildman–Crippen LogP) is 3.95. The highest BCUT2D eigenvalue weighted by atomic mass is 35.5. The number of imidazole rings is 1. The zero-order chi connectivity index (χ0) is 18.9. The van der Waals surface area contributed by atoms with Crippen molar-refractivity contribution in [2.75, 3.05) is 0 Å². The average Bonchev–Trinajstić information content (AvgIpc) is 2.97. The fourth-order valence-electron chi connectivity index (χ4n) is 2.16. The minimum absolute atomic E-state index is 0.00871. The van der Waals surface area contributed by atoms with E-state index in [1.807, 2.05) is 4.72 Å². The van der Waals surface area contributed by atoms with Gasteiger partial charge in [-0.15, -0.1) is 0 Å². The molecule has 0 unspecified atom stereocenters. The van der Waals surface area contributed by atoms with Crippen LogP contribution in [0.4, 0.5) is 0 Å². The summed E-state index contributed by atoms with van der Waals surface area (Å²) in [6.45, 7) is 0. The van der Waals surface area contributed by atoms with Gasteiger partial charge in [0.25, 0.3) is 15.9 Å². The summed E-state index contributed by atoms with van der Waals surface area (Å²) >= 11 is 17.9. The van der Waals surface area contributed by atoms with Crippen LogP contribution in [0.25, 0.3) is 5.69 Å². The summed E-state index contributed by atoms with van der Waals surface area (Å²) < 4.78 is 28.0. The van der Waals surface area contributed by atoms with Crippen LogP contribution in [-0.2, 0) is 10.0 Å². The molecule has 0 saturated carbocycles. The zero-order valence-electron chi connectivity index (χ0n) is 12.9. The first-order valence-electron chi connectivity index (χ1n) is 7.10. The molecule has 1 N–H and O–H groups in total. The van der Waals surface area contributed by atoms with E-state index in [-0.39, 0.29) is 20.8 Å². The molecule has 0 bridgehead atoms. The maximum Gasteiger partial charge on any atom is 0.286 e. The molecule has 1 amide bonds. The Morgan fingerprint density at radius 1 is 1.00 bits per heavy atom. The van der Waals surface area contributed by atoms with Crippen molar-refractivity contribution in [2.24, 2.45) is 0 Å². The van der Waals surface area contributed by atoms with Crippen LogP contribution in [0.5, 0.6) is 0 Å². The number of benzene rings is 2. The van der Waals surface area contributed by atoms with Crippen LogP contribution >= 0.6 is 34.8 Å². The van der Waals surface area contributed by atoms with Gasteiger partial charge in [-0.1, -0.05) is 46.9 Å². The van der Waals surface area contributed by atoms with Crippen molar-refractivity contribution in [3.8, 4) is 5.69 Å². The zero-order valence-corrected chi connectivity index (χ0v) is 15.9. The van der Waals surface area contributed by atoms with Gasteiger partial charge >= 0.3 is 0 Å². The third-order valence-corrected chi connectivity index (χ3v) is 5.83. The van der Waals surface area contributed by atoms with E-state index in [4.69, 9.17) is 34.8 Å². The van der Waals surface area contributed by atoms with E-state index in [2.05, 4.69) is 4.98 Å². The second-order valence-corrected chi connectivity index (χ2v) is 7.95. The summed E-state index contributed by atoms with van der Waals surface area (Å²) in [4.78, 5) is 16.0. The lowest BCUT2D eigenvalue weighted by Gasteiger charge is -2.08.